The lowest BCUT2D eigenvalue weighted by molar-refractivity contribution is 0.319. The summed E-state index contributed by atoms with van der Waals surface area (Å²) in [6.45, 7) is 6.73. The molecule has 0 aliphatic carbocycles. The summed E-state index contributed by atoms with van der Waals surface area (Å²) in [5.74, 6) is 0.790. The van der Waals surface area contributed by atoms with E-state index < -0.39 is 0 Å². The third kappa shape index (κ3) is 5.08. The molecular weight excluding hydrogens is 272 g/mol. The summed E-state index contributed by atoms with van der Waals surface area (Å²) in [4.78, 5) is 0. The first kappa shape index (κ1) is 16.4. The van der Waals surface area contributed by atoms with E-state index in [2.05, 4.69) is 49.5 Å². The van der Waals surface area contributed by atoms with E-state index in [1.807, 2.05) is 12.1 Å². The van der Waals surface area contributed by atoms with Crippen molar-refractivity contribution < 1.29 is 4.74 Å². The fourth-order valence-electron chi connectivity index (χ4n) is 2.27. The van der Waals surface area contributed by atoms with Gasteiger partial charge in [0.15, 0.2) is 0 Å². The second-order valence-corrected chi connectivity index (χ2v) is 5.63. The summed E-state index contributed by atoms with van der Waals surface area (Å²) >= 11 is 0. The van der Waals surface area contributed by atoms with Gasteiger partial charge in [-0.2, -0.15) is 0 Å². The van der Waals surface area contributed by atoms with Crippen molar-refractivity contribution in [2.24, 2.45) is 0 Å². The van der Waals surface area contributed by atoms with Crippen molar-refractivity contribution in [2.45, 2.75) is 33.2 Å². The Bertz CT molecular complexity index is 578. The van der Waals surface area contributed by atoms with Crippen LogP contribution in [0.15, 0.2) is 42.5 Å². The topological polar surface area (TPSA) is 47.3 Å². The average Bonchev–Trinajstić information content (AvgIpc) is 2.52. The molecule has 0 spiro atoms. The van der Waals surface area contributed by atoms with Crippen molar-refractivity contribution >= 4 is 5.69 Å². The van der Waals surface area contributed by atoms with Crippen LogP contribution in [0, 0.1) is 6.92 Å². The van der Waals surface area contributed by atoms with Gasteiger partial charge in [-0.15, -0.1) is 0 Å². The van der Waals surface area contributed by atoms with Crippen LogP contribution in [0.25, 0.3) is 0 Å². The van der Waals surface area contributed by atoms with E-state index >= 15 is 0 Å². The fraction of sp³-hybridized carbons (Fsp3) is 0.368. The third-order valence-electron chi connectivity index (χ3n) is 3.58. The van der Waals surface area contributed by atoms with E-state index in [9.17, 15) is 0 Å². The van der Waals surface area contributed by atoms with Gasteiger partial charge in [-0.25, -0.2) is 0 Å². The summed E-state index contributed by atoms with van der Waals surface area (Å²) < 4.78 is 5.59. The van der Waals surface area contributed by atoms with Gasteiger partial charge in [-0.05, 0) is 49.6 Å². The maximum absolute atomic E-state index is 6.03. The molecule has 0 bridgehead atoms. The average molecular weight is 298 g/mol. The molecule has 0 aromatic heterocycles. The van der Waals surface area contributed by atoms with Crippen LogP contribution in [0.2, 0.25) is 0 Å². The molecule has 0 aliphatic heterocycles. The normalized spacial score (nSPS) is 10.6. The number of aryl methyl sites for hydroxylation is 1. The van der Waals surface area contributed by atoms with Gasteiger partial charge >= 0.3 is 0 Å². The van der Waals surface area contributed by atoms with Gasteiger partial charge < -0.3 is 15.8 Å². The second-order valence-electron chi connectivity index (χ2n) is 5.63. The summed E-state index contributed by atoms with van der Waals surface area (Å²) in [6.07, 6.45) is 1.95. The number of ether oxygens (including phenoxy) is 1. The Morgan fingerprint density at radius 2 is 1.77 bits per heavy atom. The minimum atomic E-state index is 0.710. The van der Waals surface area contributed by atoms with E-state index in [0.29, 0.717) is 6.61 Å². The summed E-state index contributed by atoms with van der Waals surface area (Å²) in [5.41, 5.74) is 10.6. The zero-order valence-corrected chi connectivity index (χ0v) is 13.6. The molecule has 0 unspecified atom stereocenters. The molecule has 3 nitrogen and oxygen atoms in total. The molecule has 0 atom stereocenters. The zero-order chi connectivity index (χ0) is 15.8. The fourth-order valence-corrected chi connectivity index (χ4v) is 2.27. The maximum atomic E-state index is 6.03. The molecule has 3 N–H and O–H groups in total. The molecule has 2 rings (SSSR count). The molecule has 0 heterocycles. The highest BCUT2D eigenvalue weighted by molar-refractivity contribution is 5.54. The quantitative estimate of drug-likeness (QED) is 0.577. The zero-order valence-electron chi connectivity index (χ0n) is 13.6. The lowest BCUT2D eigenvalue weighted by atomic mass is 10.1. The molecule has 0 radical (unpaired) electrons. The predicted octanol–water partition coefficient (Wildman–Crippen LogP) is 3.70. The standard InChI is InChI=1S/C19H26N2O/c1-3-12-22-19-9-8-16(13-18(19)20)10-11-21-14-17-6-4-15(2)5-7-17/h4-9,13,21H,3,10-12,14,20H2,1-2H3. The molecule has 3 heteroatoms. The van der Waals surface area contributed by atoms with Crippen molar-refractivity contribution in [2.75, 3.05) is 18.9 Å². The number of hydrogen-bond donors (Lipinski definition) is 2. The number of anilines is 1. The third-order valence-corrected chi connectivity index (χ3v) is 3.58. The van der Waals surface area contributed by atoms with Gasteiger partial charge in [0.2, 0.25) is 0 Å². The van der Waals surface area contributed by atoms with Crippen LogP contribution in [-0.4, -0.2) is 13.2 Å². The Morgan fingerprint density at radius 1 is 1.05 bits per heavy atom. The molecule has 0 amide bonds. The molecule has 22 heavy (non-hydrogen) atoms. The lowest BCUT2D eigenvalue weighted by Crippen LogP contribution is -2.16. The number of nitrogens with one attached hydrogen (secondary N) is 1. The highest BCUT2D eigenvalue weighted by Crippen LogP contribution is 2.22. The molecule has 0 saturated heterocycles. The van der Waals surface area contributed by atoms with E-state index in [1.165, 1.54) is 16.7 Å². The number of nitrogen functional groups attached to an aromatic ring is 1. The van der Waals surface area contributed by atoms with Crippen LogP contribution in [0.3, 0.4) is 0 Å². The van der Waals surface area contributed by atoms with Crippen molar-refractivity contribution in [1.29, 1.82) is 0 Å². The molecule has 2 aromatic rings. The van der Waals surface area contributed by atoms with Crippen LogP contribution < -0.4 is 15.8 Å². The number of benzene rings is 2. The molecule has 118 valence electrons. The SMILES string of the molecule is CCCOc1ccc(CCNCc2ccc(C)cc2)cc1N. The Balaban J connectivity index is 1.77. The van der Waals surface area contributed by atoms with Crippen LogP contribution in [0.1, 0.15) is 30.0 Å². The lowest BCUT2D eigenvalue weighted by Gasteiger charge is -2.10. The first-order valence-electron chi connectivity index (χ1n) is 7.96. The van der Waals surface area contributed by atoms with Gasteiger partial charge in [0.05, 0.1) is 12.3 Å². The highest BCUT2D eigenvalue weighted by Gasteiger charge is 2.02. The second kappa shape index (κ2) is 8.44. The first-order chi connectivity index (χ1) is 10.7. The largest absolute Gasteiger partial charge is 0.491 e. The number of hydrogen-bond acceptors (Lipinski definition) is 3. The maximum Gasteiger partial charge on any atom is 0.142 e. The van der Waals surface area contributed by atoms with Gasteiger partial charge in [-0.3, -0.25) is 0 Å². The summed E-state index contributed by atoms with van der Waals surface area (Å²) in [5, 5.41) is 3.47. The molecule has 0 aliphatic rings. The van der Waals surface area contributed by atoms with Crippen molar-refractivity contribution in [3.63, 3.8) is 0 Å². The molecule has 2 aromatic carbocycles. The predicted molar refractivity (Wildman–Crippen MR) is 93.2 cm³/mol. The minimum absolute atomic E-state index is 0.710. The van der Waals surface area contributed by atoms with Crippen LogP contribution >= 0.6 is 0 Å². The van der Waals surface area contributed by atoms with E-state index in [1.54, 1.807) is 0 Å². The monoisotopic (exact) mass is 298 g/mol. The summed E-state index contributed by atoms with van der Waals surface area (Å²) in [6, 6.07) is 14.7. The van der Waals surface area contributed by atoms with Crippen LogP contribution in [0.5, 0.6) is 5.75 Å². The molecule has 0 saturated carbocycles. The highest BCUT2D eigenvalue weighted by atomic mass is 16.5. The van der Waals surface area contributed by atoms with E-state index in [0.717, 1.165) is 37.4 Å². The first-order valence-corrected chi connectivity index (χ1v) is 7.96. The smallest absolute Gasteiger partial charge is 0.142 e. The molecular formula is C19H26N2O. The van der Waals surface area contributed by atoms with Crippen molar-refractivity contribution in [1.82, 2.24) is 5.32 Å². The Kier molecular flexibility index (Phi) is 6.28. The van der Waals surface area contributed by atoms with Crippen molar-refractivity contribution in [3.8, 4) is 5.75 Å². The number of rotatable bonds is 8. The molecule has 0 fully saturated rings. The van der Waals surface area contributed by atoms with Crippen LogP contribution in [0.4, 0.5) is 5.69 Å². The Hall–Kier alpha value is -2.00. The van der Waals surface area contributed by atoms with Crippen molar-refractivity contribution in [3.05, 3.63) is 59.2 Å². The van der Waals surface area contributed by atoms with Gasteiger partial charge in [0.25, 0.3) is 0 Å². The van der Waals surface area contributed by atoms with E-state index in [4.69, 9.17) is 10.5 Å². The number of nitrogens with two attached hydrogens (primary N) is 1. The summed E-state index contributed by atoms with van der Waals surface area (Å²) in [7, 11) is 0. The minimum Gasteiger partial charge on any atom is -0.491 e. The van der Waals surface area contributed by atoms with Gasteiger partial charge in [0.1, 0.15) is 5.75 Å². The Labute approximate surface area is 133 Å². The van der Waals surface area contributed by atoms with Gasteiger partial charge in [-0.1, -0.05) is 42.8 Å². The Morgan fingerprint density at radius 3 is 2.45 bits per heavy atom. The van der Waals surface area contributed by atoms with Crippen LogP contribution in [-0.2, 0) is 13.0 Å². The van der Waals surface area contributed by atoms with E-state index in [-0.39, 0.29) is 0 Å². The van der Waals surface area contributed by atoms with Gasteiger partial charge in [0, 0.05) is 6.54 Å².